The van der Waals surface area contributed by atoms with Crippen LogP contribution in [0.3, 0.4) is 0 Å². The van der Waals surface area contributed by atoms with Crippen molar-refractivity contribution in [2.75, 3.05) is 24.8 Å². The van der Waals surface area contributed by atoms with Gasteiger partial charge in [-0.1, -0.05) is 17.2 Å². The standard InChI is InChI=1S/C15H15N7O2.Na/c1-16-10-5-3-9(4-6-10)12-7-11(24-2)8-13(17-12)14(23)18-15-19-21-22-20-15;/h3-8,16H,1-2H3,(H2,18,19,20,21,22,23);. The predicted molar refractivity (Wildman–Crippen MR) is 93.7 cm³/mol. The van der Waals surface area contributed by atoms with Gasteiger partial charge in [0.1, 0.15) is 11.4 Å². The van der Waals surface area contributed by atoms with E-state index in [2.05, 4.69) is 36.2 Å². The number of ether oxygens (including phenoxy) is 1. The summed E-state index contributed by atoms with van der Waals surface area (Å²) in [5.74, 6) is 0.226. The normalized spacial score (nSPS) is 9.84. The summed E-state index contributed by atoms with van der Waals surface area (Å²) in [6.07, 6.45) is 0. The van der Waals surface area contributed by atoms with Gasteiger partial charge in [-0.15, -0.1) is 0 Å². The van der Waals surface area contributed by atoms with Gasteiger partial charge in [-0.25, -0.2) is 10.1 Å². The fourth-order valence-electron chi connectivity index (χ4n) is 2.08. The first-order valence-corrected chi connectivity index (χ1v) is 7.09. The van der Waals surface area contributed by atoms with Crippen molar-refractivity contribution in [2.24, 2.45) is 0 Å². The minimum absolute atomic E-state index is 0. The third-order valence-corrected chi connectivity index (χ3v) is 3.31. The molecule has 1 amide bonds. The molecule has 3 rings (SSSR count). The monoisotopic (exact) mass is 348 g/mol. The van der Waals surface area contributed by atoms with Gasteiger partial charge in [0.25, 0.3) is 5.91 Å². The largest absolute Gasteiger partial charge is 0.497 e. The molecule has 0 bridgehead atoms. The van der Waals surface area contributed by atoms with Gasteiger partial charge >= 0.3 is 0 Å². The number of nitrogens with zero attached hydrogens (tertiary/aromatic N) is 4. The molecule has 2 aromatic heterocycles. The molecule has 0 unspecified atom stereocenters. The molecule has 3 N–H and O–H groups in total. The summed E-state index contributed by atoms with van der Waals surface area (Å²) in [5.41, 5.74) is 2.66. The van der Waals surface area contributed by atoms with E-state index in [0.29, 0.717) is 11.4 Å². The van der Waals surface area contributed by atoms with E-state index in [1.54, 1.807) is 12.1 Å². The number of pyridine rings is 1. The molecule has 1 aromatic carbocycles. The number of hydrogen-bond acceptors (Lipinski definition) is 7. The number of aromatic nitrogens is 5. The predicted octanol–water partition coefficient (Wildman–Crippen LogP) is 1.18. The molecule has 3 aromatic rings. The number of methoxy groups -OCH3 is 1. The van der Waals surface area contributed by atoms with Crippen molar-refractivity contribution in [3.05, 3.63) is 42.1 Å². The van der Waals surface area contributed by atoms with E-state index >= 15 is 0 Å². The van der Waals surface area contributed by atoms with Gasteiger partial charge in [0, 0.05) is 60.0 Å². The zero-order valence-electron chi connectivity index (χ0n) is 14.1. The molecule has 0 aliphatic rings. The molecule has 25 heavy (non-hydrogen) atoms. The zero-order valence-corrected chi connectivity index (χ0v) is 16.1. The Morgan fingerprint density at radius 3 is 2.56 bits per heavy atom. The summed E-state index contributed by atoms with van der Waals surface area (Å²) in [5, 5.41) is 18.4. The van der Waals surface area contributed by atoms with Crippen molar-refractivity contribution in [3.8, 4) is 17.0 Å². The number of anilines is 2. The average molecular weight is 348 g/mol. The summed E-state index contributed by atoms with van der Waals surface area (Å²) in [6.45, 7) is 0. The van der Waals surface area contributed by atoms with Gasteiger partial charge in [0.15, 0.2) is 0 Å². The van der Waals surface area contributed by atoms with E-state index in [1.165, 1.54) is 7.11 Å². The first-order chi connectivity index (χ1) is 11.7. The number of carbonyl (C=O) groups excluding carboxylic acids is 1. The fraction of sp³-hybridized carbons (Fsp3) is 0.133. The number of rotatable bonds is 5. The van der Waals surface area contributed by atoms with Gasteiger partial charge in [-0.3, -0.25) is 10.1 Å². The number of nitrogens with one attached hydrogen (secondary N) is 3. The van der Waals surface area contributed by atoms with Crippen LogP contribution >= 0.6 is 0 Å². The summed E-state index contributed by atoms with van der Waals surface area (Å²) >= 11 is 0. The minimum Gasteiger partial charge on any atom is -0.497 e. The van der Waals surface area contributed by atoms with E-state index < -0.39 is 5.91 Å². The molecule has 9 nitrogen and oxygen atoms in total. The van der Waals surface area contributed by atoms with E-state index in [4.69, 9.17) is 4.74 Å². The smallest absolute Gasteiger partial charge is 0.276 e. The molecule has 1 radical (unpaired) electrons. The molecule has 0 saturated heterocycles. The number of hydrogen-bond donors (Lipinski definition) is 3. The van der Waals surface area contributed by atoms with Crippen LogP contribution < -0.4 is 15.4 Å². The van der Waals surface area contributed by atoms with E-state index in [0.717, 1.165) is 11.3 Å². The number of benzene rings is 1. The van der Waals surface area contributed by atoms with Crippen molar-refractivity contribution < 1.29 is 9.53 Å². The number of amides is 1. The Morgan fingerprint density at radius 2 is 1.96 bits per heavy atom. The van der Waals surface area contributed by atoms with Crippen LogP contribution in [0.5, 0.6) is 5.75 Å². The average Bonchev–Trinajstić information content (AvgIpc) is 3.14. The molecule has 123 valence electrons. The Kier molecular flexibility index (Phi) is 6.45. The van der Waals surface area contributed by atoms with Crippen LogP contribution in [0.1, 0.15) is 10.5 Å². The zero-order chi connectivity index (χ0) is 16.9. The maximum Gasteiger partial charge on any atom is 0.276 e. The molecule has 2 heterocycles. The molecular weight excluding hydrogens is 333 g/mol. The van der Waals surface area contributed by atoms with Gasteiger partial charge < -0.3 is 10.1 Å². The van der Waals surface area contributed by atoms with E-state index in [-0.39, 0.29) is 41.2 Å². The molecule has 0 spiro atoms. The second kappa shape index (κ2) is 8.56. The number of tetrazole rings is 1. The maximum atomic E-state index is 12.3. The number of H-pyrrole nitrogens is 1. The Hall–Kier alpha value is -2.49. The van der Waals surface area contributed by atoms with Crippen molar-refractivity contribution in [3.63, 3.8) is 0 Å². The Morgan fingerprint density at radius 1 is 1.20 bits per heavy atom. The molecule has 10 heteroatoms. The first kappa shape index (κ1) is 18.8. The molecule has 0 fully saturated rings. The SMILES string of the molecule is CNc1ccc(-c2cc(OC)cc(C(=O)Nc3nnn[nH]3)n2)cc1.[Na]. The van der Waals surface area contributed by atoms with Gasteiger partial charge in [-0.2, -0.15) is 0 Å². The Bertz CT molecular complexity index is 838. The summed E-state index contributed by atoms with van der Waals surface area (Å²) in [7, 11) is 3.38. The number of aromatic amines is 1. The van der Waals surface area contributed by atoms with Crippen LogP contribution in [0.4, 0.5) is 11.6 Å². The molecule has 0 atom stereocenters. The van der Waals surface area contributed by atoms with Crippen molar-refractivity contribution >= 4 is 47.1 Å². The first-order valence-electron chi connectivity index (χ1n) is 7.09. The van der Waals surface area contributed by atoms with Crippen LogP contribution in [-0.4, -0.2) is 75.2 Å². The van der Waals surface area contributed by atoms with Crippen LogP contribution in [-0.2, 0) is 0 Å². The van der Waals surface area contributed by atoms with Gasteiger partial charge in [0.2, 0.25) is 5.95 Å². The van der Waals surface area contributed by atoms with Gasteiger partial charge in [0.05, 0.1) is 12.8 Å². The summed E-state index contributed by atoms with van der Waals surface area (Å²) in [6, 6.07) is 11.0. The van der Waals surface area contributed by atoms with E-state index in [1.807, 2.05) is 31.3 Å². The number of carbonyl (C=O) groups is 1. The summed E-state index contributed by atoms with van der Waals surface area (Å²) < 4.78 is 5.27. The Labute approximate surface area is 165 Å². The van der Waals surface area contributed by atoms with Crippen molar-refractivity contribution in [1.29, 1.82) is 0 Å². The minimum atomic E-state index is -0.444. The van der Waals surface area contributed by atoms with Crippen LogP contribution in [0.15, 0.2) is 36.4 Å². The molecule has 0 aliphatic heterocycles. The molecule has 0 saturated carbocycles. The van der Waals surface area contributed by atoms with Crippen LogP contribution in [0.2, 0.25) is 0 Å². The second-order valence-electron chi connectivity index (χ2n) is 4.81. The quantitative estimate of drug-likeness (QED) is 0.593. The summed E-state index contributed by atoms with van der Waals surface area (Å²) in [4.78, 5) is 16.7. The third kappa shape index (κ3) is 4.53. The van der Waals surface area contributed by atoms with Crippen molar-refractivity contribution in [1.82, 2.24) is 25.6 Å². The fourth-order valence-corrected chi connectivity index (χ4v) is 2.08. The topological polar surface area (TPSA) is 118 Å². The second-order valence-corrected chi connectivity index (χ2v) is 4.81. The van der Waals surface area contributed by atoms with Crippen LogP contribution in [0.25, 0.3) is 11.3 Å². The van der Waals surface area contributed by atoms with Gasteiger partial charge in [-0.05, 0) is 22.6 Å². The van der Waals surface area contributed by atoms with E-state index in [9.17, 15) is 4.79 Å². The van der Waals surface area contributed by atoms with Crippen LogP contribution in [0, 0.1) is 0 Å². The molecule has 0 aliphatic carbocycles. The van der Waals surface area contributed by atoms with Crippen molar-refractivity contribution in [2.45, 2.75) is 0 Å². The Balaban J connectivity index is 0.00000225. The third-order valence-electron chi connectivity index (χ3n) is 3.31. The maximum absolute atomic E-state index is 12.3. The molecular formula is C15H15N7NaO2.